The number of hydrogen-bond donors (Lipinski definition) is 1. The quantitative estimate of drug-likeness (QED) is 0.874. The fourth-order valence-electron chi connectivity index (χ4n) is 1.75. The minimum Gasteiger partial charge on any atom is -0.494 e. The van der Waals surface area contributed by atoms with Crippen LogP contribution in [0.25, 0.3) is 0 Å². The number of rotatable bonds is 4. The van der Waals surface area contributed by atoms with E-state index in [1.54, 1.807) is 18.2 Å². The first-order chi connectivity index (χ1) is 9.60. The smallest absolute Gasteiger partial charge is 0.274 e. The van der Waals surface area contributed by atoms with Gasteiger partial charge in [0.15, 0.2) is 0 Å². The molecule has 0 aliphatic carbocycles. The van der Waals surface area contributed by atoms with Gasteiger partial charge in [0, 0.05) is 5.69 Å². The van der Waals surface area contributed by atoms with Gasteiger partial charge in [-0.15, -0.1) is 0 Å². The van der Waals surface area contributed by atoms with Crippen LogP contribution in [0.5, 0.6) is 5.75 Å². The average molecular weight is 291 g/mol. The lowest BCUT2D eigenvalue weighted by atomic mass is 10.2. The lowest BCUT2D eigenvalue weighted by molar-refractivity contribution is 0.102. The van der Waals surface area contributed by atoms with Crippen molar-refractivity contribution in [3.8, 4) is 5.75 Å². The number of carbonyl (C=O) groups excluding carboxylic acids is 1. The Morgan fingerprint density at radius 1 is 1.35 bits per heavy atom. The van der Waals surface area contributed by atoms with E-state index in [4.69, 9.17) is 16.3 Å². The minimum absolute atomic E-state index is 0.283. The summed E-state index contributed by atoms with van der Waals surface area (Å²) in [5.74, 6) is 0.489. The molecule has 2 rings (SSSR count). The van der Waals surface area contributed by atoms with Gasteiger partial charge in [0.1, 0.15) is 16.6 Å². The first-order valence-electron chi connectivity index (χ1n) is 6.27. The zero-order chi connectivity index (χ0) is 14.5. The van der Waals surface area contributed by atoms with Crippen LogP contribution in [0.1, 0.15) is 23.0 Å². The van der Waals surface area contributed by atoms with Crippen LogP contribution in [-0.4, -0.2) is 17.5 Å². The standard InChI is InChI=1S/C15H15ClN2O2/c1-3-20-11-7-8-12(10(2)9-11)18-15(19)13-5-4-6-14(16)17-13/h4-9H,3H2,1-2H3,(H,18,19). The minimum atomic E-state index is -0.292. The lowest BCUT2D eigenvalue weighted by Crippen LogP contribution is -2.14. The molecule has 1 aromatic carbocycles. The summed E-state index contributed by atoms with van der Waals surface area (Å²) in [7, 11) is 0. The normalized spacial score (nSPS) is 10.2. The molecule has 4 nitrogen and oxygen atoms in total. The fraction of sp³-hybridized carbons (Fsp3) is 0.200. The van der Waals surface area contributed by atoms with Crippen molar-refractivity contribution in [1.29, 1.82) is 0 Å². The summed E-state index contributed by atoms with van der Waals surface area (Å²) in [4.78, 5) is 16.0. The molecule has 104 valence electrons. The van der Waals surface area contributed by atoms with Crippen LogP contribution in [0, 0.1) is 6.92 Å². The van der Waals surface area contributed by atoms with E-state index in [0.717, 1.165) is 17.0 Å². The highest BCUT2D eigenvalue weighted by Gasteiger charge is 2.10. The van der Waals surface area contributed by atoms with Crippen molar-refractivity contribution in [3.05, 3.63) is 52.8 Å². The predicted octanol–water partition coefficient (Wildman–Crippen LogP) is 3.69. The summed E-state index contributed by atoms with van der Waals surface area (Å²) >= 11 is 5.77. The molecule has 0 radical (unpaired) electrons. The van der Waals surface area contributed by atoms with Gasteiger partial charge in [-0.1, -0.05) is 17.7 Å². The number of nitrogens with zero attached hydrogens (tertiary/aromatic N) is 1. The van der Waals surface area contributed by atoms with Crippen molar-refractivity contribution in [2.24, 2.45) is 0 Å². The zero-order valence-electron chi connectivity index (χ0n) is 11.3. The molecule has 0 saturated heterocycles. The van der Waals surface area contributed by atoms with Crippen LogP contribution in [0.2, 0.25) is 5.15 Å². The summed E-state index contributed by atoms with van der Waals surface area (Å²) in [6.45, 7) is 4.44. The molecular weight excluding hydrogens is 276 g/mol. The van der Waals surface area contributed by atoms with Crippen LogP contribution in [0.15, 0.2) is 36.4 Å². The van der Waals surface area contributed by atoms with Crippen molar-refractivity contribution in [2.45, 2.75) is 13.8 Å². The van der Waals surface area contributed by atoms with E-state index in [9.17, 15) is 4.79 Å². The van der Waals surface area contributed by atoms with Crippen LogP contribution in [0.3, 0.4) is 0 Å². The average Bonchev–Trinajstić information content (AvgIpc) is 2.42. The number of anilines is 1. The number of halogens is 1. The van der Waals surface area contributed by atoms with Crippen molar-refractivity contribution in [1.82, 2.24) is 4.98 Å². The Balaban J connectivity index is 2.15. The van der Waals surface area contributed by atoms with Gasteiger partial charge in [0.25, 0.3) is 5.91 Å². The largest absolute Gasteiger partial charge is 0.494 e. The van der Waals surface area contributed by atoms with Crippen molar-refractivity contribution < 1.29 is 9.53 Å². The summed E-state index contributed by atoms with van der Waals surface area (Å²) in [5.41, 5.74) is 1.93. The van der Waals surface area contributed by atoms with E-state index >= 15 is 0 Å². The van der Waals surface area contributed by atoms with E-state index in [1.807, 2.05) is 32.0 Å². The molecule has 20 heavy (non-hydrogen) atoms. The number of ether oxygens (including phenoxy) is 1. The number of amides is 1. The molecule has 0 unspecified atom stereocenters. The van der Waals surface area contributed by atoms with Crippen LogP contribution in [0.4, 0.5) is 5.69 Å². The highest BCUT2D eigenvalue weighted by Crippen LogP contribution is 2.22. The van der Waals surface area contributed by atoms with Gasteiger partial charge < -0.3 is 10.1 Å². The second-order valence-electron chi connectivity index (χ2n) is 4.21. The Hall–Kier alpha value is -2.07. The monoisotopic (exact) mass is 290 g/mol. The van der Waals surface area contributed by atoms with Crippen LogP contribution >= 0.6 is 11.6 Å². The van der Waals surface area contributed by atoms with E-state index < -0.39 is 0 Å². The number of nitrogens with one attached hydrogen (secondary N) is 1. The van der Waals surface area contributed by atoms with Gasteiger partial charge in [0.2, 0.25) is 0 Å². The first kappa shape index (κ1) is 14.3. The van der Waals surface area contributed by atoms with Gasteiger partial charge in [0.05, 0.1) is 6.61 Å². The van der Waals surface area contributed by atoms with Gasteiger partial charge >= 0.3 is 0 Å². The molecule has 0 aliphatic heterocycles. The van der Waals surface area contributed by atoms with Crippen LogP contribution in [-0.2, 0) is 0 Å². The Kier molecular flexibility index (Phi) is 4.58. The highest BCUT2D eigenvalue weighted by atomic mass is 35.5. The van der Waals surface area contributed by atoms with E-state index in [1.165, 1.54) is 0 Å². The molecule has 1 amide bonds. The lowest BCUT2D eigenvalue weighted by Gasteiger charge is -2.10. The number of pyridine rings is 1. The summed E-state index contributed by atoms with van der Waals surface area (Å²) < 4.78 is 5.40. The molecule has 1 N–H and O–H groups in total. The Morgan fingerprint density at radius 2 is 2.15 bits per heavy atom. The molecule has 0 aliphatic rings. The molecule has 1 heterocycles. The molecule has 0 fully saturated rings. The zero-order valence-corrected chi connectivity index (χ0v) is 12.1. The molecule has 0 bridgehead atoms. The summed E-state index contributed by atoms with van der Waals surface area (Å²) in [5, 5.41) is 3.10. The molecule has 0 spiro atoms. The first-order valence-corrected chi connectivity index (χ1v) is 6.65. The number of aromatic nitrogens is 1. The Labute approximate surface area is 122 Å². The third kappa shape index (κ3) is 3.48. The number of hydrogen-bond acceptors (Lipinski definition) is 3. The van der Waals surface area contributed by atoms with Crippen molar-refractivity contribution in [3.63, 3.8) is 0 Å². The van der Waals surface area contributed by atoms with E-state index in [0.29, 0.717) is 11.8 Å². The maximum atomic E-state index is 12.1. The maximum absolute atomic E-state index is 12.1. The van der Waals surface area contributed by atoms with Gasteiger partial charge in [-0.25, -0.2) is 4.98 Å². The topological polar surface area (TPSA) is 51.2 Å². The third-order valence-corrected chi connectivity index (χ3v) is 2.92. The number of benzene rings is 1. The van der Waals surface area contributed by atoms with Crippen LogP contribution < -0.4 is 10.1 Å². The highest BCUT2D eigenvalue weighted by molar-refractivity contribution is 6.29. The Bertz CT molecular complexity index is 629. The van der Waals surface area contributed by atoms with Gasteiger partial charge in [-0.3, -0.25) is 4.79 Å². The SMILES string of the molecule is CCOc1ccc(NC(=O)c2cccc(Cl)n2)c(C)c1. The van der Waals surface area contributed by atoms with E-state index in [-0.39, 0.29) is 11.6 Å². The maximum Gasteiger partial charge on any atom is 0.274 e. The van der Waals surface area contributed by atoms with Crippen molar-refractivity contribution >= 4 is 23.2 Å². The molecule has 0 saturated carbocycles. The van der Waals surface area contributed by atoms with Crippen molar-refractivity contribution in [2.75, 3.05) is 11.9 Å². The van der Waals surface area contributed by atoms with Gasteiger partial charge in [-0.05, 0) is 49.7 Å². The Morgan fingerprint density at radius 3 is 2.80 bits per heavy atom. The second-order valence-corrected chi connectivity index (χ2v) is 4.60. The third-order valence-electron chi connectivity index (χ3n) is 2.70. The molecular formula is C15H15ClN2O2. The predicted molar refractivity (Wildman–Crippen MR) is 79.5 cm³/mol. The fourth-order valence-corrected chi connectivity index (χ4v) is 1.92. The molecule has 0 atom stereocenters. The van der Waals surface area contributed by atoms with E-state index in [2.05, 4.69) is 10.3 Å². The summed E-state index contributed by atoms with van der Waals surface area (Å²) in [6.07, 6.45) is 0. The number of aryl methyl sites for hydroxylation is 1. The molecule has 5 heteroatoms. The summed E-state index contributed by atoms with van der Waals surface area (Å²) in [6, 6.07) is 10.4. The second kappa shape index (κ2) is 6.39. The molecule has 1 aromatic heterocycles. The van der Waals surface area contributed by atoms with Gasteiger partial charge in [-0.2, -0.15) is 0 Å². The number of carbonyl (C=O) groups is 1. The molecule has 2 aromatic rings.